The van der Waals surface area contributed by atoms with Crippen molar-refractivity contribution >= 4 is 17.5 Å². The fourth-order valence-electron chi connectivity index (χ4n) is 2.09. The molecule has 0 radical (unpaired) electrons. The summed E-state index contributed by atoms with van der Waals surface area (Å²) in [4.78, 5) is 23.1. The maximum Gasteiger partial charge on any atom is 0.255 e. The average Bonchev–Trinajstić information content (AvgIpc) is 2.43. The van der Waals surface area contributed by atoms with Crippen molar-refractivity contribution in [3.05, 3.63) is 64.7 Å². The van der Waals surface area contributed by atoms with E-state index in [-0.39, 0.29) is 18.2 Å². The summed E-state index contributed by atoms with van der Waals surface area (Å²) in [7, 11) is 0. The molecule has 0 heterocycles. The number of hydrogen-bond acceptors (Lipinski definition) is 2. The van der Waals surface area contributed by atoms with Crippen LogP contribution in [0.25, 0.3) is 0 Å². The zero-order chi connectivity index (χ0) is 15.4. The lowest BCUT2D eigenvalue weighted by atomic mass is 10.0. The molecule has 0 saturated heterocycles. The highest BCUT2D eigenvalue weighted by Crippen LogP contribution is 2.15. The topological polar surface area (TPSA) is 72.2 Å². The molecule has 2 aromatic carbocycles. The number of anilines is 1. The summed E-state index contributed by atoms with van der Waals surface area (Å²) in [5, 5.41) is 2.85. The molecule has 2 rings (SSSR count). The maximum atomic E-state index is 12.3. The second-order valence-electron chi connectivity index (χ2n) is 5.11. The zero-order valence-corrected chi connectivity index (χ0v) is 12.1. The average molecular weight is 282 g/mol. The number of nitrogens with two attached hydrogens (primary N) is 1. The molecular weight excluding hydrogens is 264 g/mol. The van der Waals surface area contributed by atoms with Crippen LogP contribution in [0.3, 0.4) is 0 Å². The summed E-state index contributed by atoms with van der Waals surface area (Å²) in [6.45, 7) is 3.86. The first-order valence-electron chi connectivity index (χ1n) is 6.71. The predicted molar refractivity (Wildman–Crippen MR) is 83.2 cm³/mol. The molecule has 4 heteroatoms. The second kappa shape index (κ2) is 6.22. The summed E-state index contributed by atoms with van der Waals surface area (Å²) in [5.41, 5.74) is 9.30. The molecule has 0 spiro atoms. The van der Waals surface area contributed by atoms with E-state index in [1.54, 1.807) is 24.3 Å². The van der Waals surface area contributed by atoms with Gasteiger partial charge < -0.3 is 11.1 Å². The number of benzene rings is 2. The molecule has 0 bridgehead atoms. The normalized spacial score (nSPS) is 10.2. The smallest absolute Gasteiger partial charge is 0.255 e. The Bertz CT molecular complexity index is 676. The molecule has 0 aliphatic carbocycles. The van der Waals surface area contributed by atoms with Gasteiger partial charge in [0.2, 0.25) is 5.91 Å². The molecule has 0 atom stereocenters. The Labute approximate surface area is 124 Å². The van der Waals surface area contributed by atoms with Crippen LogP contribution in [-0.4, -0.2) is 11.8 Å². The van der Waals surface area contributed by atoms with E-state index in [1.165, 1.54) is 0 Å². The van der Waals surface area contributed by atoms with Crippen LogP contribution in [0.2, 0.25) is 0 Å². The van der Waals surface area contributed by atoms with Gasteiger partial charge in [0.05, 0.1) is 6.42 Å². The van der Waals surface area contributed by atoms with Gasteiger partial charge in [-0.25, -0.2) is 0 Å². The highest BCUT2D eigenvalue weighted by molar-refractivity contribution is 6.05. The third kappa shape index (κ3) is 3.92. The molecule has 4 nitrogen and oxygen atoms in total. The number of hydrogen-bond donors (Lipinski definition) is 2. The lowest BCUT2D eigenvalue weighted by molar-refractivity contribution is -0.117. The van der Waals surface area contributed by atoms with Crippen molar-refractivity contribution < 1.29 is 9.59 Å². The van der Waals surface area contributed by atoms with Crippen molar-refractivity contribution in [1.29, 1.82) is 0 Å². The molecule has 0 aromatic heterocycles. The third-order valence-electron chi connectivity index (χ3n) is 3.23. The molecule has 21 heavy (non-hydrogen) atoms. The van der Waals surface area contributed by atoms with Crippen molar-refractivity contribution in [2.24, 2.45) is 5.73 Å². The van der Waals surface area contributed by atoms with Crippen LogP contribution >= 0.6 is 0 Å². The molecule has 3 N–H and O–H groups in total. The number of carbonyl (C=O) groups is 2. The van der Waals surface area contributed by atoms with Crippen LogP contribution < -0.4 is 11.1 Å². The standard InChI is InChI=1S/C17H18N2O2/c1-11-3-4-12(2)15(9-11)17(21)19-14-7-5-13(6-8-14)10-16(18)20/h3-9H,10H2,1-2H3,(H2,18,20)(H,19,21). The fraction of sp³-hybridized carbons (Fsp3) is 0.176. The Morgan fingerprint density at radius 3 is 2.33 bits per heavy atom. The number of rotatable bonds is 4. The van der Waals surface area contributed by atoms with Gasteiger partial charge in [-0.1, -0.05) is 29.8 Å². The van der Waals surface area contributed by atoms with E-state index in [1.807, 2.05) is 32.0 Å². The first kappa shape index (κ1) is 14.8. The van der Waals surface area contributed by atoms with E-state index >= 15 is 0 Å². The first-order valence-corrected chi connectivity index (χ1v) is 6.71. The van der Waals surface area contributed by atoms with Gasteiger partial charge in [0.25, 0.3) is 5.91 Å². The molecule has 0 unspecified atom stereocenters. The molecular formula is C17H18N2O2. The lowest BCUT2D eigenvalue weighted by Gasteiger charge is -2.09. The quantitative estimate of drug-likeness (QED) is 0.904. The Balaban J connectivity index is 2.12. The van der Waals surface area contributed by atoms with Crippen molar-refractivity contribution in [2.45, 2.75) is 20.3 Å². The molecule has 2 aromatic rings. The SMILES string of the molecule is Cc1ccc(C)c(C(=O)Nc2ccc(CC(N)=O)cc2)c1. The Kier molecular flexibility index (Phi) is 4.38. The summed E-state index contributed by atoms with van der Waals surface area (Å²) in [5.74, 6) is -0.513. The number of amides is 2. The first-order chi connectivity index (χ1) is 9.95. The van der Waals surface area contributed by atoms with Crippen LogP contribution in [0.1, 0.15) is 27.0 Å². The van der Waals surface area contributed by atoms with Crippen molar-refractivity contribution in [2.75, 3.05) is 5.32 Å². The van der Waals surface area contributed by atoms with Gasteiger partial charge in [-0.15, -0.1) is 0 Å². The zero-order valence-electron chi connectivity index (χ0n) is 12.1. The van der Waals surface area contributed by atoms with Gasteiger partial charge >= 0.3 is 0 Å². The Morgan fingerprint density at radius 1 is 1.05 bits per heavy atom. The van der Waals surface area contributed by atoms with Gasteiger partial charge in [0.15, 0.2) is 0 Å². The number of aryl methyl sites for hydroxylation is 2. The van der Waals surface area contributed by atoms with Gasteiger partial charge in [-0.2, -0.15) is 0 Å². The number of carbonyl (C=O) groups excluding carboxylic acids is 2. The molecule has 0 fully saturated rings. The van der Waals surface area contributed by atoms with Crippen molar-refractivity contribution in [1.82, 2.24) is 0 Å². The minimum atomic E-state index is -0.373. The highest BCUT2D eigenvalue weighted by Gasteiger charge is 2.09. The summed E-state index contributed by atoms with van der Waals surface area (Å²) in [6.07, 6.45) is 0.200. The molecule has 0 aliphatic heterocycles. The Hall–Kier alpha value is -2.62. The Morgan fingerprint density at radius 2 is 1.71 bits per heavy atom. The molecule has 0 aliphatic rings. The van der Waals surface area contributed by atoms with Crippen LogP contribution in [0, 0.1) is 13.8 Å². The van der Waals surface area contributed by atoms with Crippen molar-refractivity contribution in [3.63, 3.8) is 0 Å². The van der Waals surface area contributed by atoms with E-state index in [4.69, 9.17) is 5.73 Å². The van der Waals surface area contributed by atoms with Crippen LogP contribution in [0.5, 0.6) is 0 Å². The summed E-state index contributed by atoms with van der Waals surface area (Å²) in [6, 6.07) is 12.9. The van der Waals surface area contributed by atoms with Crippen LogP contribution in [0.15, 0.2) is 42.5 Å². The second-order valence-corrected chi connectivity index (χ2v) is 5.11. The van der Waals surface area contributed by atoms with Crippen LogP contribution in [0.4, 0.5) is 5.69 Å². The molecule has 108 valence electrons. The minimum absolute atomic E-state index is 0.140. The number of primary amides is 1. The monoisotopic (exact) mass is 282 g/mol. The lowest BCUT2D eigenvalue weighted by Crippen LogP contribution is -2.15. The van der Waals surface area contributed by atoms with E-state index in [2.05, 4.69) is 5.32 Å². The van der Waals surface area contributed by atoms with E-state index in [0.29, 0.717) is 11.3 Å². The highest BCUT2D eigenvalue weighted by atomic mass is 16.2. The summed E-state index contributed by atoms with van der Waals surface area (Å²) < 4.78 is 0. The summed E-state index contributed by atoms with van der Waals surface area (Å²) >= 11 is 0. The molecule has 2 amide bonds. The van der Waals surface area contributed by atoms with E-state index in [0.717, 1.165) is 16.7 Å². The van der Waals surface area contributed by atoms with Gasteiger partial charge in [-0.05, 0) is 43.2 Å². The van der Waals surface area contributed by atoms with Gasteiger partial charge in [0.1, 0.15) is 0 Å². The van der Waals surface area contributed by atoms with E-state index < -0.39 is 0 Å². The third-order valence-corrected chi connectivity index (χ3v) is 3.23. The van der Waals surface area contributed by atoms with Crippen LogP contribution in [-0.2, 0) is 11.2 Å². The van der Waals surface area contributed by atoms with Gasteiger partial charge in [0, 0.05) is 11.3 Å². The minimum Gasteiger partial charge on any atom is -0.369 e. The molecule has 0 saturated carbocycles. The fourth-order valence-corrected chi connectivity index (χ4v) is 2.09. The van der Waals surface area contributed by atoms with Crippen molar-refractivity contribution in [3.8, 4) is 0 Å². The largest absolute Gasteiger partial charge is 0.369 e. The number of nitrogens with one attached hydrogen (secondary N) is 1. The van der Waals surface area contributed by atoms with E-state index in [9.17, 15) is 9.59 Å². The maximum absolute atomic E-state index is 12.3. The predicted octanol–water partition coefficient (Wildman–Crippen LogP) is 2.58. The van der Waals surface area contributed by atoms with Gasteiger partial charge in [-0.3, -0.25) is 9.59 Å².